The van der Waals surface area contributed by atoms with Crippen molar-refractivity contribution in [2.75, 3.05) is 26.4 Å². The van der Waals surface area contributed by atoms with Crippen molar-refractivity contribution in [1.82, 2.24) is 0 Å². The SMILES string of the molecule is C=CCCO[C@H]1CCCO[C@@H]1COCC=C. The van der Waals surface area contributed by atoms with Crippen LogP contribution in [0.4, 0.5) is 0 Å². The number of rotatable bonds is 8. The summed E-state index contributed by atoms with van der Waals surface area (Å²) < 4.78 is 16.8. The molecule has 0 spiro atoms. The minimum absolute atomic E-state index is 0.0681. The molecule has 0 aromatic heterocycles. The monoisotopic (exact) mass is 226 g/mol. The van der Waals surface area contributed by atoms with Crippen molar-refractivity contribution in [3.63, 3.8) is 0 Å². The van der Waals surface area contributed by atoms with Gasteiger partial charge in [0.2, 0.25) is 0 Å². The van der Waals surface area contributed by atoms with Crippen molar-refractivity contribution in [2.24, 2.45) is 0 Å². The van der Waals surface area contributed by atoms with Gasteiger partial charge >= 0.3 is 0 Å². The van der Waals surface area contributed by atoms with E-state index in [2.05, 4.69) is 13.2 Å². The van der Waals surface area contributed by atoms with Gasteiger partial charge in [0.1, 0.15) is 6.10 Å². The first kappa shape index (κ1) is 13.4. The summed E-state index contributed by atoms with van der Waals surface area (Å²) in [5, 5.41) is 0. The summed E-state index contributed by atoms with van der Waals surface area (Å²) in [5.74, 6) is 0. The van der Waals surface area contributed by atoms with Crippen LogP contribution in [0.3, 0.4) is 0 Å². The lowest BCUT2D eigenvalue weighted by molar-refractivity contribution is -0.128. The van der Waals surface area contributed by atoms with Crippen LogP contribution in [0.2, 0.25) is 0 Å². The van der Waals surface area contributed by atoms with E-state index in [1.807, 2.05) is 6.08 Å². The van der Waals surface area contributed by atoms with E-state index in [-0.39, 0.29) is 12.2 Å². The lowest BCUT2D eigenvalue weighted by Gasteiger charge is -2.31. The molecule has 1 rings (SSSR count). The van der Waals surface area contributed by atoms with E-state index < -0.39 is 0 Å². The second-order valence-corrected chi connectivity index (χ2v) is 3.86. The predicted octanol–water partition coefficient (Wildman–Crippen LogP) is 2.33. The maximum atomic E-state index is 5.76. The number of hydrogen-bond acceptors (Lipinski definition) is 3. The zero-order valence-corrected chi connectivity index (χ0v) is 9.90. The molecule has 3 heteroatoms. The van der Waals surface area contributed by atoms with Gasteiger partial charge in [0.25, 0.3) is 0 Å². The molecule has 0 saturated carbocycles. The summed E-state index contributed by atoms with van der Waals surface area (Å²) >= 11 is 0. The van der Waals surface area contributed by atoms with E-state index in [0.29, 0.717) is 13.2 Å². The van der Waals surface area contributed by atoms with Gasteiger partial charge in [0, 0.05) is 6.61 Å². The highest BCUT2D eigenvalue weighted by Crippen LogP contribution is 2.18. The molecule has 1 aliphatic rings. The van der Waals surface area contributed by atoms with Gasteiger partial charge in [-0.25, -0.2) is 0 Å². The maximum absolute atomic E-state index is 5.76. The van der Waals surface area contributed by atoms with Gasteiger partial charge < -0.3 is 14.2 Å². The molecule has 0 N–H and O–H groups in total. The molecule has 0 bridgehead atoms. The molecule has 1 heterocycles. The Hall–Kier alpha value is -0.640. The van der Waals surface area contributed by atoms with Crippen molar-refractivity contribution >= 4 is 0 Å². The molecule has 0 radical (unpaired) electrons. The summed E-state index contributed by atoms with van der Waals surface area (Å²) in [4.78, 5) is 0. The van der Waals surface area contributed by atoms with Crippen molar-refractivity contribution in [1.29, 1.82) is 0 Å². The van der Waals surface area contributed by atoms with Crippen molar-refractivity contribution in [2.45, 2.75) is 31.5 Å². The molecular formula is C13H22O3. The second-order valence-electron chi connectivity index (χ2n) is 3.86. The van der Waals surface area contributed by atoms with Crippen molar-refractivity contribution in [3.8, 4) is 0 Å². The smallest absolute Gasteiger partial charge is 0.107 e. The zero-order valence-electron chi connectivity index (χ0n) is 9.90. The minimum atomic E-state index is 0.0681. The summed E-state index contributed by atoms with van der Waals surface area (Å²) in [7, 11) is 0. The van der Waals surface area contributed by atoms with Crippen LogP contribution >= 0.6 is 0 Å². The quantitative estimate of drug-likeness (QED) is 0.469. The van der Waals surface area contributed by atoms with Crippen LogP contribution in [0, 0.1) is 0 Å². The highest BCUT2D eigenvalue weighted by atomic mass is 16.6. The molecule has 0 unspecified atom stereocenters. The second kappa shape index (κ2) is 8.50. The van der Waals surface area contributed by atoms with Gasteiger partial charge in [0.15, 0.2) is 0 Å². The van der Waals surface area contributed by atoms with E-state index in [1.54, 1.807) is 6.08 Å². The normalized spacial score (nSPS) is 25.2. The summed E-state index contributed by atoms with van der Waals surface area (Å²) in [5.41, 5.74) is 0. The van der Waals surface area contributed by atoms with Crippen LogP contribution in [-0.2, 0) is 14.2 Å². The number of ether oxygens (including phenoxy) is 3. The molecule has 1 saturated heterocycles. The Bertz CT molecular complexity index is 181. The largest absolute Gasteiger partial charge is 0.375 e. The average Bonchev–Trinajstić information content (AvgIpc) is 2.32. The van der Waals surface area contributed by atoms with Gasteiger partial charge in [-0.2, -0.15) is 0 Å². The third kappa shape index (κ3) is 4.92. The summed E-state index contributed by atoms with van der Waals surface area (Å²) in [6.07, 6.45) is 6.85. The van der Waals surface area contributed by atoms with Crippen LogP contribution < -0.4 is 0 Å². The summed E-state index contributed by atoms with van der Waals surface area (Å²) in [6.45, 7) is 9.97. The Morgan fingerprint density at radius 2 is 2.19 bits per heavy atom. The third-order valence-corrected chi connectivity index (χ3v) is 2.55. The van der Waals surface area contributed by atoms with Gasteiger partial charge in [-0.15, -0.1) is 13.2 Å². The number of hydrogen-bond donors (Lipinski definition) is 0. The first-order valence-corrected chi connectivity index (χ1v) is 5.91. The van der Waals surface area contributed by atoms with Crippen LogP contribution in [0.1, 0.15) is 19.3 Å². The Balaban J connectivity index is 2.25. The van der Waals surface area contributed by atoms with E-state index in [1.165, 1.54) is 0 Å². The van der Waals surface area contributed by atoms with Gasteiger partial charge in [-0.05, 0) is 19.3 Å². The topological polar surface area (TPSA) is 27.7 Å². The van der Waals surface area contributed by atoms with E-state index in [0.717, 1.165) is 32.5 Å². The van der Waals surface area contributed by atoms with E-state index >= 15 is 0 Å². The fourth-order valence-electron chi connectivity index (χ4n) is 1.73. The average molecular weight is 226 g/mol. The molecule has 3 nitrogen and oxygen atoms in total. The minimum Gasteiger partial charge on any atom is -0.375 e. The maximum Gasteiger partial charge on any atom is 0.107 e. The molecule has 0 aromatic rings. The van der Waals surface area contributed by atoms with Crippen LogP contribution in [-0.4, -0.2) is 38.6 Å². The molecule has 2 atom stereocenters. The molecular weight excluding hydrogens is 204 g/mol. The molecule has 1 aliphatic heterocycles. The van der Waals surface area contributed by atoms with Gasteiger partial charge in [-0.1, -0.05) is 12.2 Å². The van der Waals surface area contributed by atoms with E-state index in [4.69, 9.17) is 14.2 Å². The Kier molecular flexibility index (Phi) is 7.14. The predicted molar refractivity (Wildman–Crippen MR) is 64.5 cm³/mol. The van der Waals surface area contributed by atoms with Gasteiger partial charge in [-0.3, -0.25) is 0 Å². The zero-order chi connectivity index (χ0) is 11.6. The molecule has 92 valence electrons. The van der Waals surface area contributed by atoms with Crippen LogP contribution in [0.15, 0.2) is 25.3 Å². The lowest BCUT2D eigenvalue weighted by Crippen LogP contribution is -2.39. The fraction of sp³-hybridized carbons (Fsp3) is 0.692. The Labute approximate surface area is 98.1 Å². The van der Waals surface area contributed by atoms with Gasteiger partial charge in [0.05, 0.1) is 25.9 Å². The third-order valence-electron chi connectivity index (χ3n) is 2.55. The molecule has 0 aromatic carbocycles. The standard InChI is InChI=1S/C13H22O3/c1-3-5-9-15-12-7-6-10-16-13(12)11-14-8-4-2/h3-4,12-13H,1-2,5-11H2/t12-,13+/m0/s1. The van der Waals surface area contributed by atoms with Crippen LogP contribution in [0.5, 0.6) is 0 Å². The fourth-order valence-corrected chi connectivity index (χ4v) is 1.73. The highest BCUT2D eigenvalue weighted by Gasteiger charge is 2.26. The lowest BCUT2D eigenvalue weighted by atomic mass is 10.1. The molecule has 16 heavy (non-hydrogen) atoms. The first-order chi connectivity index (χ1) is 7.88. The van der Waals surface area contributed by atoms with Crippen LogP contribution in [0.25, 0.3) is 0 Å². The molecule has 0 amide bonds. The van der Waals surface area contributed by atoms with Crippen molar-refractivity contribution in [3.05, 3.63) is 25.3 Å². The van der Waals surface area contributed by atoms with E-state index in [9.17, 15) is 0 Å². The van der Waals surface area contributed by atoms with Crippen molar-refractivity contribution < 1.29 is 14.2 Å². The molecule has 0 aliphatic carbocycles. The Morgan fingerprint density at radius 3 is 2.94 bits per heavy atom. The highest BCUT2D eigenvalue weighted by molar-refractivity contribution is 4.76. The first-order valence-electron chi connectivity index (χ1n) is 5.91. The molecule has 1 fully saturated rings. The summed E-state index contributed by atoms with van der Waals surface area (Å²) in [6, 6.07) is 0. The Morgan fingerprint density at radius 1 is 1.31 bits per heavy atom.